The highest BCUT2D eigenvalue weighted by Gasteiger charge is 2.05. The molecule has 0 saturated heterocycles. The average Bonchev–Trinajstić information content (AvgIpc) is 1.82. The maximum absolute atomic E-state index is 10.5. The van der Waals surface area contributed by atoms with Crippen molar-refractivity contribution in [3.05, 3.63) is 0 Å². The summed E-state index contributed by atoms with van der Waals surface area (Å²) in [6, 6.07) is 0. The standard InChI is InChI=1S/C7H15NO/c1-3-7(5-8)4-6(2)9/h7H,3-5,8H2,1-2H3/t7-/m0/s1. The molecule has 0 amide bonds. The molecule has 2 nitrogen and oxygen atoms in total. The van der Waals surface area contributed by atoms with Crippen molar-refractivity contribution in [2.45, 2.75) is 26.7 Å². The van der Waals surface area contributed by atoms with Crippen LogP contribution in [0, 0.1) is 5.92 Å². The Morgan fingerprint density at radius 3 is 2.33 bits per heavy atom. The monoisotopic (exact) mass is 129 g/mol. The summed E-state index contributed by atoms with van der Waals surface area (Å²) in [5, 5.41) is 0. The van der Waals surface area contributed by atoms with Crippen LogP contribution in [-0.2, 0) is 4.79 Å². The van der Waals surface area contributed by atoms with Gasteiger partial charge in [-0.25, -0.2) is 0 Å². The zero-order valence-corrected chi connectivity index (χ0v) is 6.18. The van der Waals surface area contributed by atoms with Crippen molar-refractivity contribution in [1.29, 1.82) is 0 Å². The van der Waals surface area contributed by atoms with Gasteiger partial charge in [0.1, 0.15) is 5.78 Å². The lowest BCUT2D eigenvalue weighted by Crippen LogP contribution is -2.15. The number of hydrogen-bond acceptors (Lipinski definition) is 2. The predicted molar refractivity (Wildman–Crippen MR) is 38.1 cm³/mol. The van der Waals surface area contributed by atoms with Crippen molar-refractivity contribution in [3.63, 3.8) is 0 Å². The van der Waals surface area contributed by atoms with E-state index in [1.165, 1.54) is 0 Å². The summed E-state index contributed by atoms with van der Waals surface area (Å²) < 4.78 is 0. The fourth-order valence-electron chi connectivity index (χ4n) is 0.801. The van der Waals surface area contributed by atoms with Gasteiger partial charge in [0.15, 0.2) is 0 Å². The van der Waals surface area contributed by atoms with E-state index < -0.39 is 0 Å². The van der Waals surface area contributed by atoms with Crippen molar-refractivity contribution in [1.82, 2.24) is 0 Å². The highest BCUT2D eigenvalue weighted by atomic mass is 16.1. The van der Waals surface area contributed by atoms with E-state index in [1.807, 2.05) is 0 Å². The van der Waals surface area contributed by atoms with E-state index in [4.69, 9.17) is 5.73 Å². The van der Waals surface area contributed by atoms with Crippen molar-refractivity contribution in [2.24, 2.45) is 11.7 Å². The van der Waals surface area contributed by atoms with Crippen LogP contribution < -0.4 is 5.73 Å². The number of hydrogen-bond donors (Lipinski definition) is 1. The molecule has 0 unspecified atom stereocenters. The number of carbonyl (C=O) groups is 1. The van der Waals surface area contributed by atoms with Crippen LogP contribution >= 0.6 is 0 Å². The molecule has 0 aromatic rings. The molecular formula is C7H15NO. The first-order valence-corrected chi connectivity index (χ1v) is 3.40. The third-order valence-corrected chi connectivity index (χ3v) is 1.49. The van der Waals surface area contributed by atoms with Crippen molar-refractivity contribution in [3.8, 4) is 0 Å². The Hall–Kier alpha value is -0.370. The van der Waals surface area contributed by atoms with E-state index in [0.29, 0.717) is 18.9 Å². The lowest BCUT2D eigenvalue weighted by Gasteiger charge is -2.07. The summed E-state index contributed by atoms with van der Waals surface area (Å²) >= 11 is 0. The quantitative estimate of drug-likeness (QED) is 0.614. The second-order valence-corrected chi connectivity index (χ2v) is 2.42. The molecule has 0 aromatic heterocycles. The maximum atomic E-state index is 10.5. The zero-order chi connectivity index (χ0) is 7.28. The van der Waals surface area contributed by atoms with E-state index in [9.17, 15) is 4.79 Å². The Balaban J connectivity index is 3.43. The first-order valence-electron chi connectivity index (χ1n) is 3.40. The van der Waals surface area contributed by atoms with E-state index in [2.05, 4.69) is 6.92 Å². The Morgan fingerprint density at radius 2 is 2.22 bits per heavy atom. The molecule has 2 N–H and O–H groups in total. The van der Waals surface area contributed by atoms with E-state index >= 15 is 0 Å². The zero-order valence-electron chi connectivity index (χ0n) is 6.18. The van der Waals surface area contributed by atoms with Crippen LogP contribution in [0.2, 0.25) is 0 Å². The fraction of sp³-hybridized carbons (Fsp3) is 0.857. The van der Waals surface area contributed by atoms with E-state index in [-0.39, 0.29) is 5.78 Å². The molecule has 0 radical (unpaired) electrons. The number of carbonyl (C=O) groups excluding carboxylic acids is 1. The lowest BCUT2D eigenvalue weighted by atomic mass is 10.0. The molecule has 0 heterocycles. The highest BCUT2D eigenvalue weighted by molar-refractivity contribution is 5.75. The average molecular weight is 129 g/mol. The molecular weight excluding hydrogens is 114 g/mol. The van der Waals surface area contributed by atoms with Crippen molar-refractivity contribution >= 4 is 5.78 Å². The minimum Gasteiger partial charge on any atom is -0.330 e. The Labute approximate surface area is 56.4 Å². The van der Waals surface area contributed by atoms with Gasteiger partial charge < -0.3 is 10.5 Å². The SMILES string of the molecule is CC[C@H](CN)CC(C)=O. The van der Waals surface area contributed by atoms with Gasteiger partial charge in [-0.05, 0) is 19.4 Å². The summed E-state index contributed by atoms with van der Waals surface area (Å²) in [4.78, 5) is 10.5. The van der Waals surface area contributed by atoms with Crippen LogP contribution in [0.15, 0.2) is 0 Å². The second kappa shape index (κ2) is 4.50. The van der Waals surface area contributed by atoms with Gasteiger partial charge in [0.2, 0.25) is 0 Å². The van der Waals surface area contributed by atoms with Crippen molar-refractivity contribution < 1.29 is 4.79 Å². The number of nitrogens with two attached hydrogens (primary N) is 1. The van der Waals surface area contributed by atoms with Crippen LogP contribution in [-0.4, -0.2) is 12.3 Å². The van der Waals surface area contributed by atoms with Crippen LogP contribution in [0.25, 0.3) is 0 Å². The molecule has 54 valence electrons. The predicted octanol–water partition coefficient (Wildman–Crippen LogP) is 0.950. The molecule has 0 saturated carbocycles. The minimum absolute atomic E-state index is 0.243. The third kappa shape index (κ3) is 4.15. The topological polar surface area (TPSA) is 43.1 Å². The third-order valence-electron chi connectivity index (χ3n) is 1.49. The summed E-state index contributed by atoms with van der Waals surface area (Å²) in [6.07, 6.45) is 1.66. The van der Waals surface area contributed by atoms with Gasteiger partial charge >= 0.3 is 0 Å². The molecule has 0 aliphatic carbocycles. The van der Waals surface area contributed by atoms with Gasteiger partial charge in [0, 0.05) is 6.42 Å². The Bertz CT molecular complexity index is 86.9. The summed E-state index contributed by atoms with van der Waals surface area (Å²) in [5.74, 6) is 0.648. The fourth-order valence-corrected chi connectivity index (χ4v) is 0.801. The van der Waals surface area contributed by atoms with Gasteiger partial charge in [-0.15, -0.1) is 0 Å². The van der Waals surface area contributed by atoms with Crippen LogP contribution in [0.4, 0.5) is 0 Å². The molecule has 0 bridgehead atoms. The minimum atomic E-state index is 0.243. The van der Waals surface area contributed by atoms with E-state index in [1.54, 1.807) is 6.92 Å². The van der Waals surface area contributed by atoms with Gasteiger partial charge in [0.25, 0.3) is 0 Å². The van der Waals surface area contributed by atoms with Crippen molar-refractivity contribution in [2.75, 3.05) is 6.54 Å². The molecule has 0 aliphatic heterocycles. The molecule has 9 heavy (non-hydrogen) atoms. The molecule has 0 aliphatic rings. The molecule has 2 heteroatoms. The summed E-state index contributed by atoms with van der Waals surface area (Å²) in [7, 11) is 0. The van der Waals surface area contributed by atoms with Crippen LogP contribution in [0.5, 0.6) is 0 Å². The summed E-state index contributed by atoms with van der Waals surface area (Å²) in [6.45, 7) is 4.30. The van der Waals surface area contributed by atoms with Crippen LogP contribution in [0.1, 0.15) is 26.7 Å². The number of Topliss-reactive ketones (excluding diaryl/α,β-unsaturated/α-hetero) is 1. The van der Waals surface area contributed by atoms with E-state index in [0.717, 1.165) is 6.42 Å². The summed E-state index contributed by atoms with van der Waals surface area (Å²) in [5.41, 5.74) is 5.38. The Kier molecular flexibility index (Phi) is 4.32. The van der Waals surface area contributed by atoms with Gasteiger partial charge in [-0.2, -0.15) is 0 Å². The first-order chi connectivity index (χ1) is 4.20. The highest BCUT2D eigenvalue weighted by Crippen LogP contribution is 2.05. The van der Waals surface area contributed by atoms with Gasteiger partial charge in [-0.3, -0.25) is 0 Å². The van der Waals surface area contributed by atoms with Gasteiger partial charge in [-0.1, -0.05) is 13.3 Å². The first kappa shape index (κ1) is 8.63. The van der Waals surface area contributed by atoms with Gasteiger partial charge in [0.05, 0.1) is 0 Å². The molecule has 0 fully saturated rings. The molecule has 0 rings (SSSR count). The smallest absolute Gasteiger partial charge is 0.130 e. The maximum Gasteiger partial charge on any atom is 0.130 e. The molecule has 0 aromatic carbocycles. The number of ketones is 1. The Morgan fingerprint density at radius 1 is 1.67 bits per heavy atom. The molecule has 0 spiro atoms. The number of rotatable bonds is 4. The second-order valence-electron chi connectivity index (χ2n) is 2.42. The van der Waals surface area contributed by atoms with Crippen LogP contribution in [0.3, 0.4) is 0 Å². The normalized spacial score (nSPS) is 13.2. The molecule has 1 atom stereocenters. The largest absolute Gasteiger partial charge is 0.330 e. The lowest BCUT2D eigenvalue weighted by molar-refractivity contribution is -0.117.